The van der Waals surface area contributed by atoms with Crippen LogP contribution in [0.2, 0.25) is 0 Å². The number of amides is 1. The van der Waals surface area contributed by atoms with Crippen molar-refractivity contribution in [2.24, 2.45) is 0 Å². The molecule has 0 spiro atoms. The molecule has 0 atom stereocenters. The highest BCUT2D eigenvalue weighted by molar-refractivity contribution is 5.87. The Kier molecular flexibility index (Phi) is 4.46. The summed E-state index contributed by atoms with van der Waals surface area (Å²) in [4.78, 5) is 22.8. The number of anilines is 2. The summed E-state index contributed by atoms with van der Waals surface area (Å²) in [6.45, 7) is 3.13. The van der Waals surface area contributed by atoms with Crippen molar-refractivity contribution >= 4 is 28.8 Å². The van der Waals surface area contributed by atoms with Crippen molar-refractivity contribution in [2.45, 2.75) is 25.8 Å². The Bertz CT molecular complexity index is 1220. The summed E-state index contributed by atoms with van der Waals surface area (Å²) in [5.41, 5.74) is 3.44. The van der Waals surface area contributed by atoms with Crippen LogP contribution in [0, 0.1) is 0 Å². The molecule has 2 N–H and O–H groups in total. The summed E-state index contributed by atoms with van der Waals surface area (Å²) in [6, 6.07) is 6.04. The summed E-state index contributed by atoms with van der Waals surface area (Å²) < 4.78 is 3.56. The Morgan fingerprint density at radius 2 is 1.90 bits per heavy atom. The van der Waals surface area contributed by atoms with Gasteiger partial charge in [-0.1, -0.05) is 0 Å². The van der Waals surface area contributed by atoms with Crippen molar-refractivity contribution in [1.82, 2.24) is 34.1 Å². The van der Waals surface area contributed by atoms with Crippen LogP contribution in [0.5, 0.6) is 0 Å². The molecule has 1 saturated heterocycles. The van der Waals surface area contributed by atoms with Crippen LogP contribution in [0.3, 0.4) is 0 Å². The summed E-state index contributed by atoms with van der Waals surface area (Å²) >= 11 is 0. The molecule has 0 aliphatic carbocycles. The number of nitrogens with zero attached hydrogens (tertiary/aromatic N) is 7. The number of rotatable bonds is 4. The number of aromatic nitrogens is 6. The average Bonchev–Trinajstić information content (AvgIpc) is 3.39. The van der Waals surface area contributed by atoms with E-state index in [0.29, 0.717) is 5.95 Å². The molecule has 0 radical (unpaired) electrons. The molecule has 1 fully saturated rings. The minimum atomic E-state index is 0.131. The molecule has 0 aromatic carbocycles. The second-order valence-electron chi connectivity index (χ2n) is 7.43. The molecule has 1 amide bonds. The minimum absolute atomic E-state index is 0.131. The number of carbonyl (C=O) groups is 1. The summed E-state index contributed by atoms with van der Waals surface area (Å²) in [7, 11) is 1.85. The van der Waals surface area contributed by atoms with Crippen LogP contribution in [0.4, 0.5) is 11.8 Å². The van der Waals surface area contributed by atoms with Crippen LogP contribution >= 0.6 is 0 Å². The maximum absolute atomic E-state index is 11.5. The Hall–Kier alpha value is -3.69. The first kappa shape index (κ1) is 18.3. The second kappa shape index (κ2) is 7.29. The van der Waals surface area contributed by atoms with E-state index in [1.165, 1.54) is 0 Å². The van der Waals surface area contributed by atoms with Crippen LogP contribution in [0.25, 0.3) is 22.4 Å². The molecule has 4 aromatic rings. The maximum Gasteiger partial charge on any atom is 0.243 e. The van der Waals surface area contributed by atoms with Crippen molar-refractivity contribution in [1.29, 1.82) is 0 Å². The molecule has 1 aliphatic heterocycles. The fourth-order valence-corrected chi connectivity index (χ4v) is 3.95. The van der Waals surface area contributed by atoms with Gasteiger partial charge in [-0.3, -0.25) is 4.79 Å². The van der Waals surface area contributed by atoms with Gasteiger partial charge in [-0.25, -0.2) is 14.0 Å². The highest BCUT2D eigenvalue weighted by Crippen LogP contribution is 2.29. The van der Waals surface area contributed by atoms with Crippen LogP contribution in [0.15, 0.2) is 36.8 Å². The van der Waals surface area contributed by atoms with E-state index in [4.69, 9.17) is 9.97 Å². The summed E-state index contributed by atoms with van der Waals surface area (Å²) in [5.74, 6) is 1.42. The molecular weight excluding hydrogens is 382 g/mol. The van der Waals surface area contributed by atoms with Gasteiger partial charge in [0.1, 0.15) is 5.52 Å². The third-order valence-electron chi connectivity index (χ3n) is 5.56. The van der Waals surface area contributed by atoms with Crippen molar-refractivity contribution in [2.75, 3.05) is 30.8 Å². The largest absolute Gasteiger partial charge is 0.371 e. The first-order chi connectivity index (χ1) is 14.6. The Labute approximate surface area is 172 Å². The van der Waals surface area contributed by atoms with E-state index in [0.717, 1.165) is 54.2 Å². The lowest BCUT2D eigenvalue weighted by Crippen LogP contribution is -2.41. The van der Waals surface area contributed by atoms with E-state index in [9.17, 15) is 4.79 Å². The Morgan fingerprint density at radius 3 is 2.67 bits per heavy atom. The van der Waals surface area contributed by atoms with Gasteiger partial charge in [-0.2, -0.15) is 10.1 Å². The van der Waals surface area contributed by atoms with E-state index < -0.39 is 0 Å². The lowest BCUT2D eigenvalue weighted by molar-refractivity contribution is -0.129. The lowest BCUT2D eigenvalue weighted by Gasteiger charge is -2.31. The van der Waals surface area contributed by atoms with Crippen LogP contribution in [-0.4, -0.2) is 66.2 Å². The summed E-state index contributed by atoms with van der Waals surface area (Å²) in [6.07, 6.45) is 7.29. The normalized spacial score (nSPS) is 15.1. The monoisotopic (exact) mass is 405 g/mol. The van der Waals surface area contributed by atoms with Crippen LogP contribution < -0.4 is 10.6 Å². The predicted molar refractivity (Wildman–Crippen MR) is 113 cm³/mol. The van der Waals surface area contributed by atoms with E-state index in [1.54, 1.807) is 17.6 Å². The van der Waals surface area contributed by atoms with E-state index in [1.807, 2.05) is 47.1 Å². The number of carbonyl (C=O) groups excluding carboxylic acids is 1. The summed E-state index contributed by atoms with van der Waals surface area (Å²) in [5, 5.41) is 15.5. The SMILES string of the molecule is CNc1nc(NC2CCN(C(C)=O)CC2)nn2ccc(-c3ccn4nccc4n3)c12. The number of fused-ring (bicyclic) bond motifs is 2. The highest BCUT2D eigenvalue weighted by atomic mass is 16.2. The molecule has 5 rings (SSSR count). The quantitative estimate of drug-likeness (QED) is 0.534. The zero-order valence-corrected chi connectivity index (χ0v) is 16.9. The van der Waals surface area contributed by atoms with Gasteiger partial charge < -0.3 is 15.5 Å². The van der Waals surface area contributed by atoms with Crippen LogP contribution in [0.1, 0.15) is 19.8 Å². The number of hydrogen-bond donors (Lipinski definition) is 2. The molecule has 0 unspecified atom stereocenters. The molecule has 4 aromatic heterocycles. The minimum Gasteiger partial charge on any atom is -0.371 e. The number of hydrogen-bond acceptors (Lipinski definition) is 7. The molecule has 154 valence electrons. The number of nitrogens with one attached hydrogen (secondary N) is 2. The topological polar surface area (TPSA) is 105 Å². The second-order valence-corrected chi connectivity index (χ2v) is 7.43. The predicted octanol–water partition coefficient (Wildman–Crippen LogP) is 1.90. The van der Waals surface area contributed by atoms with Crippen molar-refractivity contribution in [3.8, 4) is 11.3 Å². The molecule has 5 heterocycles. The van der Waals surface area contributed by atoms with E-state index in [2.05, 4.69) is 20.8 Å². The highest BCUT2D eigenvalue weighted by Gasteiger charge is 2.22. The first-order valence-electron chi connectivity index (χ1n) is 10.0. The molecule has 30 heavy (non-hydrogen) atoms. The molecular formula is C20H23N9O. The molecule has 10 heteroatoms. The molecule has 0 bridgehead atoms. The maximum atomic E-state index is 11.5. The number of likely N-dealkylation sites (tertiary alicyclic amines) is 1. The number of piperidine rings is 1. The Morgan fingerprint density at radius 1 is 1.10 bits per heavy atom. The van der Waals surface area contributed by atoms with Crippen LogP contribution in [-0.2, 0) is 4.79 Å². The van der Waals surface area contributed by atoms with Gasteiger partial charge in [0.2, 0.25) is 11.9 Å². The zero-order valence-electron chi connectivity index (χ0n) is 16.9. The van der Waals surface area contributed by atoms with Crippen molar-refractivity contribution in [3.63, 3.8) is 0 Å². The molecule has 10 nitrogen and oxygen atoms in total. The standard InChI is InChI=1S/C20H23N9O/c1-13(30)27-9-4-14(5-10-27)23-20-25-19(21-2)18-15(6-11-29(18)26-20)16-7-12-28-17(24-16)3-8-22-28/h3,6-8,11-12,14H,4-5,9-10H2,1-2H3,(H2,21,23,25,26). The van der Waals surface area contributed by atoms with E-state index in [-0.39, 0.29) is 11.9 Å². The lowest BCUT2D eigenvalue weighted by atomic mass is 10.1. The van der Waals surface area contributed by atoms with Gasteiger partial charge in [0.05, 0.1) is 11.9 Å². The Balaban J connectivity index is 1.45. The van der Waals surface area contributed by atoms with Crippen molar-refractivity contribution < 1.29 is 4.79 Å². The van der Waals surface area contributed by atoms with Gasteiger partial charge in [-0.05, 0) is 25.0 Å². The fourth-order valence-electron chi connectivity index (χ4n) is 3.95. The first-order valence-corrected chi connectivity index (χ1v) is 10.0. The van der Waals surface area contributed by atoms with Gasteiger partial charge in [-0.15, -0.1) is 5.10 Å². The fraction of sp³-hybridized carbons (Fsp3) is 0.350. The van der Waals surface area contributed by atoms with Crippen molar-refractivity contribution in [3.05, 3.63) is 36.8 Å². The average molecular weight is 405 g/mol. The molecule has 0 saturated carbocycles. The third kappa shape index (κ3) is 3.19. The van der Waals surface area contributed by atoms with Gasteiger partial charge >= 0.3 is 0 Å². The third-order valence-corrected chi connectivity index (χ3v) is 5.56. The van der Waals surface area contributed by atoms with E-state index >= 15 is 0 Å². The van der Waals surface area contributed by atoms with Gasteiger partial charge in [0.25, 0.3) is 0 Å². The zero-order chi connectivity index (χ0) is 20.7. The smallest absolute Gasteiger partial charge is 0.243 e. The van der Waals surface area contributed by atoms with Gasteiger partial charge in [0, 0.05) is 57.1 Å². The molecule has 1 aliphatic rings. The van der Waals surface area contributed by atoms with Gasteiger partial charge in [0.15, 0.2) is 11.5 Å².